The molecule has 2 heteroatoms. The first kappa shape index (κ1) is 10.9. The van der Waals surface area contributed by atoms with Crippen LogP contribution >= 0.6 is 15.9 Å². The Balaban J connectivity index is 1.91. The van der Waals surface area contributed by atoms with E-state index in [9.17, 15) is 4.79 Å². The monoisotopic (exact) mass is 266 g/mol. The van der Waals surface area contributed by atoms with Crippen molar-refractivity contribution in [1.82, 2.24) is 0 Å². The molecule has 0 spiro atoms. The lowest BCUT2D eigenvalue weighted by atomic mass is 9.84. The molecule has 0 aromatic heterocycles. The molecule has 2 rings (SSSR count). The number of rotatable bonds is 2. The minimum Gasteiger partial charge on any atom is -0.300 e. The molecule has 1 aliphatic carbocycles. The molecule has 0 saturated heterocycles. The second kappa shape index (κ2) is 4.93. The Kier molecular flexibility index (Phi) is 3.57. The third-order valence-electron chi connectivity index (χ3n) is 3.10. The van der Waals surface area contributed by atoms with E-state index >= 15 is 0 Å². The molecule has 15 heavy (non-hydrogen) atoms. The first-order chi connectivity index (χ1) is 7.24. The number of ketones is 1. The lowest BCUT2D eigenvalue weighted by Gasteiger charge is -2.20. The van der Waals surface area contributed by atoms with Crippen molar-refractivity contribution < 1.29 is 4.79 Å². The van der Waals surface area contributed by atoms with Gasteiger partial charge in [0, 0.05) is 17.3 Å². The van der Waals surface area contributed by atoms with Gasteiger partial charge in [-0.15, -0.1) is 0 Å². The summed E-state index contributed by atoms with van der Waals surface area (Å²) in [5.41, 5.74) is 1.39. The summed E-state index contributed by atoms with van der Waals surface area (Å²) in [5.74, 6) is 1.16. The Hall–Kier alpha value is -0.630. The SMILES string of the molecule is O=C1CCC(Cc2ccc(Br)cc2)CC1. The Morgan fingerprint density at radius 1 is 1.13 bits per heavy atom. The van der Waals surface area contributed by atoms with Gasteiger partial charge in [-0.3, -0.25) is 4.79 Å². The average molecular weight is 267 g/mol. The number of Topliss-reactive ketones (excluding diaryl/α,β-unsaturated/α-hetero) is 1. The summed E-state index contributed by atoms with van der Waals surface area (Å²) in [6.45, 7) is 0. The van der Waals surface area contributed by atoms with Crippen LogP contribution in [0.5, 0.6) is 0 Å². The Morgan fingerprint density at radius 2 is 1.73 bits per heavy atom. The van der Waals surface area contributed by atoms with Crippen molar-refractivity contribution in [2.75, 3.05) is 0 Å². The molecule has 1 saturated carbocycles. The largest absolute Gasteiger partial charge is 0.300 e. The van der Waals surface area contributed by atoms with Crippen molar-refractivity contribution in [2.45, 2.75) is 32.1 Å². The van der Waals surface area contributed by atoms with E-state index in [0.29, 0.717) is 11.7 Å². The van der Waals surface area contributed by atoms with Crippen LogP contribution in [0.4, 0.5) is 0 Å². The predicted molar refractivity (Wildman–Crippen MR) is 64.8 cm³/mol. The number of hydrogen-bond acceptors (Lipinski definition) is 1. The number of carbonyl (C=O) groups excluding carboxylic acids is 1. The number of hydrogen-bond donors (Lipinski definition) is 0. The van der Waals surface area contributed by atoms with Crippen molar-refractivity contribution in [2.24, 2.45) is 5.92 Å². The predicted octanol–water partition coefficient (Wildman–Crippen LogP) is 3.75. The first-order valence-corrected chi connectivity index (χ1v) is 6.29. The molecular weight excluding hydrogens is 252 g/mol. The molecule has 1 aromatic carbocycles. The van der Waals surface area contributed by atoms with Gasteiger partial charge in [-0.2, -0.15) is 0 Å². The second-order valence-corrected chi connectivity index (χ2v) is 5.23. The molecule has 0 aliphatic heterocycles. The van der Waals surface area contributed by atoms with E-state index in [2.05, 4.69) is 40.2 Å². The van der Waals surface area contributed by atoms with Crippen molar-refractivity contribution in [1.29, 1.82) is 0 Å². The molecule has 0 bridgehead atoms. The minimum atomic E-state index is 0.446. The maximum absolute atomic E-state index is 11.1. The van der Waals surface area contributed by atoms with Gasteiger partial charge in [-0.1, -0.05) is 28.1 Å². The van der Waals surface area contributed by atoms with Gasteiger partial charge < -0.3 is 0 Å². The van der Waals surface area contributed by atoms with E-state index in [4.69, 9.17) is 0 Å². The Bertz CT molecular complexity index is 332. The molecule has 1 aromatic rings. The van der Waals surface area contributed by atoms with Crippen LogP contribution in [0.1, 0.15) is 31.2 Å². The normalized spacial score (nSPS) is 18.1. The van der Waals surface area contributed by atoms with Crippen LogP contribution < -0.4 is 0 Å². The number of carbonyl (C=O) groups is 1. The zero-order valence-corrected chi connectivity index (χ0v) is 10.3. The molecule has 0 N–H and O–H groups in total. The first-order valence-electron chi connectivity index (χ1n) is 5.50. The second-order valence-electron chi connectivity index (χ2n) is 4.31. The van der Waals surface area contributed by atoms with Crippen LogP contribution in [0.2, 0.25) is 0 Å². The van der Waals surface area contributed by atoms with Crippen LogP contribution in [0.25, 0.3) is 0 Å². The topological polar surface area (TPSA) is 17.1 Å². The minimum absolute atomic E-state index is 0.446. The summed E-state index contributed by atoms with van der Waals surface area (Å²) in [6.07, 6.45) is 4.87. The van der Waals surface area contributed by atoms with Crippen LogP contribution in [0, 0.1) is 5.92 Å². The maximum Gasteiger partial charge on any atom is 0.132 e. The molecule has 0 amide bonds. The van der Waals surface area contributed by atoms with E-state index in [1.165, 1.54) is 5.56 Å². The zero-order valence-electron chi connectivity index (χ0n) is 8.71. The molecule has 0 unspecified atom stereocenters. The molecule has 0 atom stereocenters. The van der Waals surface area contributed by atoms with Gasteiger partial charge in [-0.05, 0) is 42.9 Å². The van der Waals surface area contributed by atoms with Gasteiger partial charge in [-0.25, -0.2) is 0 Å². The standard InChI is InChI=1S/C13H15BrO/c14-12-5-1-10(2-6-12)9-11-3-7-13(15)8-4-11/h1-2,5-6,11H,3-4,7-9H2. The van der Waals surface area contributed by atoms with Crippen LogP contribution in [-0.4, -0.2) is 5.78 Å². The van der Waals surface area contributed by atoms with Gasteiger partial charge in [0.15, 0.2) is 0 Å². The van der Waals surface area contributed by atoms with E-state index < -0.39 is 0 Å². The summed E-state index contributed by atoms with van der Waals surface area (Å²) in [4.78, 5) is 11.1. The van der Waals surface area contributed by atoms with Crippen molar-refractivity contribution in [3.63, 3.8) is 0 Å². The quantitative estimate of drug-likeness (QED) is 0.797. The maximum atomic E-state index is 11.1. The van der Waals surface area contributed by atoms with Gasteiger partial charge in [0.2, 0.25) is 0 Å². The van der Waals surface area contributed by atoms with E-state index in [1.807, 2.05) is 0 Å². The van der Waals surface area contributed by atoms with Crippen LogP contribution in [0.15, 0.2) is 28.7 Å². The highest BCUT2D eigenvalue weighted by molar-refractivity contribution is 9.10. The zero-order chi connectivity index (χ0) is 10.7. The molecule has 0 radical (unpaired) electrons. The summed E-state index contributed by atoms with van der Waals surface area (Å²) in [5, 5.41) is 0. The highest BCUT2D eigenvalue weighted by Crippen LogP contribution is 2.25. The third kappa shape index (κ3) is 3.16. The highest BCUT2D eigenvalue weighted by Gasteiger charge is 2.18. The fourth-order valence-corrected chi connectivity index (χ4v) is 2.42. The highest BCUT2D eigenvalue weighted by atomic mass is 79.9. The number of halogens is 1. The smallest absolute Gasteiger partial charge is 0.132 e. The summed E-state index contributed by atoms with van der Waals surface area (Å²) in [6, 6.07) is 8.51. The van der Waals surface area contributed by atoms with Crippen LogP contribution in [-0.2, 0) is 11.2 Å². The average Bonchev–Trinajstić information content (AvgIpc) is 2.25. The van der Waals surface area contributed by atoms with E-state index in [-0.39, 0.29) is 0 Å². The van der Waals surface area contributed by atoms with Crippen molar-refractivity contribution in [3.05, 3.63) is 34.3 Å². The van der Waals surface area contributed by atoms with E-state index in [1.54, 1.807) is 0 Å². The fourth-order valence-electron chi connectivity index (χ4n) is 2.16. The molecule has 0 heterocycles. The Labute approximate surface area is 99.0 Å². The summed E-state index contributed by atoms with van der Waals surface area (Å²) >= 11 is 3.43. The molecule has 1 aliphatic rings. The van der Waals surface area contributed by atoms with Crippen molar-refractivity contribution in [3.8, 4) is 0 Å². The van der Waals surface area contributed by atoms with E-state index in [0.717, 1.165) is 36.6 Å². The van der Waals surface area contributed by atoms with Crippen LogP contribution in [0.3, 0.4) is 0 Å². The summed E-state index contributed by atoms with van der Waals surface area (Å²) in [7, 11) is 0. The third-order valence-corrected chi connectivity index (χ3v) is 3.63. The molecule has 1 nitrogen and oxygen atoms in total. The van der Waals surface area contributed by atoms with Gasteiger partial charge in [0.1, 0.15) is 5.78 Å². The molecular formula is C13H15BrO. The van der Waals surface area contributed by atoms with Gasteiger partial charge in [0.25, 0.3) is 0 Å². The lowest BCUT2D eigenvalue weighted by Crippen LogP contribution is -2.15. The number of benzene rings is 1. The fraction of sp³-hybridized carbons (Fsp3) is 0.462. The lowest BCUT2D eigenvalue weighted by molar-refractivity contribution is -0.120. The van der Waals surface area contributed by atoms with Gasteiger partial charge >= 0.3 is 0 Å². The van der Waals surface area contributed by atoms with Gasteiger partial charge in [0.05, 0.1) is 0 Å². The summed E-state index contributed by atoms with van der Waals surface area (Å²) < 4.78 is 1.13. The van der Waals surface area contributed by atoms with Crippen molar-refractivity contribution >= 4 is 21.7 Å². The Morgan fingerprint density at radius 3 is 2.33 bits per heavy atom. The molecule has 80 valence electrons. The molecule has 1 fully saturated rings.